The van der Waals surface area contributed by atoms with E-state index in [1.165, 1.54) is 6.42 Å². The highest BCUT2D eigenvalue weighted by Gasteiger charge is 2.43. The maximum Gasteiger partial charge on any atom is 0.246 e. The van der Waals surface area contributed by atoms with Crippen molar-refractivity contribution in [3.05, 3.63) is 0 Å². The van der Waals surface area contributed by atoms with Gasteiger partial charge < -0.3 is 14.7 Å². The van der Waals surface area contributed by atoms with E-state index in [-0.39, 0.29) is 23.9 Å². The minimum Gasteiger partial charge on any atom is -0.329 e. The van der Waals surface area contributed by atoms with Crippen molar-refractivity contribution in [3.8, 4) is 0 Å². The van der Waals surface area contributed by atoms with E-state index in [0.29, 0.717) is 6.54 Å². The van der Waals surface area contributed by atoms with Crippen LogP contribution in [0.4, 0.5) is 0 Å². The molecule has 0 spiro atoms. The first-order valence-corrected chi connectivity index (χ1v) is 8.53. The average molecular weight is 293 g/mol. The van der Waals surface area contributed by atoms with Gasteiger partial charge in [0.05, 0.1) is 0 Å². The van der Waals surface area contributed by atoms with E-state index >= 15 is 0 Å². The molecule has 0 bridgehead atoms. The second-order valence-corrected chi connectivity index (χ2v) is 6.64. The molecule has 5 nitrogen and oxygen atoms in total. The van der Waals surface area contributed by atoms with E-state index in [4.69, 9.17) is 0 Å². The fraction of sp³-hybridized carbons (Fsp3) is 0.875. The van der Waals surface area contributed by atoms with Crippen LogP contribution in [0.5, 0.6) is 0 Å². The van der Waals surface area contributed by atoms with Crippen molar-refractivity contribution in [2.24, 2.45) is 0 Å². The number of hydrogen-bond donors (Lipinski definition) is 0. The smallest absolute Gasteiger partial charge is 0.246 e. The van der Waals surface area contributed by atoms with Crippen LogP contribution in [0, 0.1) is 0 Å². The van der Waals surface area contributed by atoms with Crippen LogP contribution in [0.15, 0.2) is 0 Å². The standard InChI is InChI=1S/C16H27N3O2/c1-2-8-17-10-6-13(7-11-17)19-12-15(20)18-9-4-3-5-14(18)16(19)21/h13-14H,2-12H2,1H3. The van der Waals surface area contributed by atoms with E-state index < -0.39 is 0 Å². The molecule has 3 heterocycles. The zero-order valence-electron chi connectivity index (χ0n) is 13.1. The molecule has 118 valence electrons. The summed E-state index contributed by atoms with van der Waals surface area (Å²) in [7, 11) is 0. The van der Waals surface area contributed by atoms with E-state index in [1.54, 1.807) is 0 Å². The molecule has 0 aromatic heterocycles. The monoisotopic (exact) mass is 293 g/mol. The lowest BCUT2D eigenvalue weighted by Gasteiger charge is -2.47. The maximum atomic E-state index is 12.7. The van der Waals surface area contributed by atoms with Gasteiger partial charge in [0.2, 0.25) is 11.8 Å². The summed E-state index contributed by atoms with van der Waals surface area (Å²) >= 11 is 0. The quantitative estimate of drug-likeness (QED) is 0.782. The largest absolute Gasteiger partial charge is 0.329 e. The van der Waals surface area contributed by atoms with Gasteiger partial charge in [0.1, 0.15) is 12.6 Å². The van der Waals surface area contributed by atoms with E-state index in [0.717, 1.165) is 58.3 Å². The summed E-state index contributed by atoms with van der Waals surface area (Å²) in [6.45, 7) is 6.56. The third-order valence-electron chi connectivity index (χ3n) is 5.23. The predicted molar refractivity (Wildman–Crippen MR) is 80.8 cm³/mol. The lowest BCUT2D eigenvalue weighted by Crippen LogP contribution is -2.64. The summed E-state index contributed by atoms with van der Waals surface area (Å²) in [5, 5.41) is 0. The van der Waals surface area contributed by atoms with E-state index in [1.807, 2.05) is 9.80 Å². The lowest BCUT2D eigenvalue weighted by atomic mass is 9.95. The van der Waals surface area contributed by atoms with Gasteiger partial charge in [0.25, 0.3) is 0 Å². The van der Waals surface area contributed by atoms with E-state index in [9.17, 15) is 9.59 Å². The number of piperidine rings is 2. The van der Waals surface area contributed by atoms with Crippen LogP contribution >= 0.6 is 0 Å². The first-order valence-electron chi connectivity index (χ1n) is 8.53. The minimum atomic E-state index is -0.159. The van der Waals surface area contributed by atoms with Crippen molar-refractivity contribution in [2.45, 2.75) is 57.5 Å². The summed E-state index contributed by atoms with van der Waals surface area (Å²) in [5.41, 5.74) is 0. The summed E-state index contributed by atoms with van der Waals surface area (Å²) in [6, 6.07) is 0.118. The average Bonchev–Trinajstić information content (AvgIpc) is 2.52. The molecule has 0 saturated carbocycles. The van der Waals surface area contributed by atoms with Crippen LogP contribution < -0.4 is 0 Å². The van der Waals surface area contributed by atoms with Crippen LogP contribution in [0.1, 0.15) is 45.4 Å². The highest BCUT2D eigenvalue weighted by atomic mass is 16.2. The molecule has 3 aliphatic rings. The molecule has 3 fully saturated rings. The van der Waals surface area contributed by atoms with Crippen LogP contribution in [0.3, 0.4) is 0 Å². The zero-order valence-corrected chi connectivity index (χ0v) is 13.1. The molecule has 1 atom stereocenters. The Hall–Kier alpha value is -1.10. The van der Waals surface area contributed by atoms with Crippen molar-refractivity contribution >= 4 is 11.8 Å². The van der Waals surface area contributed by atoms with Crippen LogP contribution in [-0.4, -0.2) is 71.3 Å². The number of carbonyl (C=O) groups is 2. The fourth-order valence-electron chi connectivity index (χ4n) is 4.07. The highest BCUT2D eigenvalue weighted by Crippen LogP contribution is 2.27. The minimum absolute atomic E-state index is 0.159. The Morgan fingerprint density at radius 2 is 1.76 bits per heavy atom. The summed E-state index contributed by atoms with van der Waals surface area (Å²) in [5.74, 6) is 0.374. The first kappa shape index (κ1) is 14.8. The number of likely N-dealkylation sites (tertiary alicyclic amines) is 1. The number of amides is 2. The number of carbonyl (C=O) groups excluding carboxylic acids is 2. The summed E-state index contributed by atoms with van der Waals surface area (Å²) < 4.78 is 0. The molecule has 0 aromatic rings. The van der Waals surface area contributed by atoms with Gasteiger partial charge in [-0.1, -0.05) is 6.92 Å². The Bertz CT molecular complexity index is 404. The van der Waals surface area contributed by atoms with Crippen LogP contribution in [0.25, 0.3) is 0 Å². The summed E-state index contributed by atoms with van der Waals surface area (Å²) in [4.78, 5) is 31.2. The maximum absolute atomic E-state index is 12.7. The van der Waals surface area contributed by atoms with Crippen LogP contribution in [-0.2, 0) is 9.59 Å². The van der Waals surface area contributed by atoms with Crippen molar-refractivity contribution in [3.63, 3.8) is 0 Å². The van der Waals surface area contributed by atoms with Gasteiger partial charge in [-0.25, -0.2) is 0 Å². The molecule has 3 rings (SSSR count). The lowest BCUT2D eigenvalue weighted by molar-refractivity contribution is -0.160. The van der Waals surface area contributed by atoms with Gasteiger partial charge in [-0.3, -0.25) is 9.59 Å². The molecule has 21 heavy (non-hydrogen) atoms. The Morgan fingerprint density at radius 1 is 1.00 bits per heavy atom. The molecule has 3 aliphatic heterocycles. The number of nitrogens with zero attached hydrogens (tertiary/aromatic N) is 3. The second kappa shape index (κ2) is 6.34. The van der Waals surface area contributed by atoms with Gasteiger partial charge in [-0.15, -0.1) is 0 Å². The Kier molecular flexibility index (Phi) is 4.48. The first-order chi connectivity index (χ1) is 10.2. The number of hydrogen-bond acceptors (Lipinski definition) is 3. The van der Waals surface area contributed by atoms with Gasteiger partial charge in [-0.2, -0.15) is 0 Å². The molecule has 0 N–H and O–H groups in total. The molecule has 5 heteroatoms. The zero-order chi connectivity index (χ0) is 14.8. The Morgan fingerprint density at radius 3 is 2.48 bits per heavy atom. The van der Waals surface area contributed by atoms with Gasteiger partial charge in [0, 0.05) is 25.7 Å². The fourth-order valence-corrected chi connectivity index (χ4v) is 4.07. The Labute approximate surface area is 127 Å². The molecule has 0 aromatic carbocycles. The topological polar surface area (TPSA) is 43.9 Å². The van der Waals surface area contributed by atoms with Crippen molar-refractivity contribution in [2.75, 3.05) is 32.7 Å². The molecule has 1 unspecified atom stereocenters. The van der Waals surface area contributed by atoms with Gasteiger partial charge in [-0.05, 0) is 45.1 Å². The van der Waals surface area contributed by atoms with Gasteiger partial charge >= 0.3 is 0 Å². The summed E-state index contributed by atoms with van der Waals surface area (Å²) in [6.07, 6.45) is 6.20. The highest BCUT2D eigenvalue weighted by molar-refractivity contribution is 5.95. The SMILES string of the molecule is CCCN1CCC(N2CC(=O)N3CCCCC3C2=O)CC1. The van der Waals surface area contributed by atoms with Crippen molar-refractivity contribution in [1.29, 1.82) is 0 Å². The third kappa shape index (κ3) is 2.93. The second-order valence-electron chi connectivity index (χ2n) is 6.64. The third-order valence-corrected chi connectivity index (χ3v) is 5.23. The van der Waals surface area contributed by atoms with Crippen molar-refractivity contribution in [1.82, 2.24) is 14.7 Å². The number of piperazine rings is 1. The Balaban J connectivity index is 1.63. The number of fused-ring (bicyclic) bond motifs is 1. The molecule has 3 saturated heterocycles. The molecule has 2 amide bonds. The normalized spacial score (nSPS) is 28.9. The molecule has 0 radical (unpaired) electrons. The van der Waals surface area contributed by atoms with Gasteiger partial charge in [0.15, 0.2) is 0 Å². The predicted octanol–water partition coefficient (Wildman–Crippen LogP) is 1.08. The molecular weight excluding hydrogens is 266 g/mol. The van der Waals surface area contributed by atoms with Crippen molar-refractivity contribution < 1.29 is 9.59 Å². The van der Waals surface area contributed by atoms with E-state index in [2.05, 4.69) is 11.8 Å². The molecule has 0 aliphatic carbocycles. The molecular formula is C16H27N3O2. The van der Waals surface area contributed by atoms with Crippen LogP contribution in [0.2, 0.25) is 0 Å². The number of rotatable bonds is 3.